The number of nitrogen functional groups attached to an aromatic ring is 1. The van der Waals surface area contributed by atoms with E-state index in [9.17, 15) is 4.39 Å². The van der Waals surface area contributed by atoms with Crippen LogP contribution < -0.4 is 11.1 Å². The van der Waals surface area contributed by atoms with Crippen LogP contribution in [0.2, 0.25) is 5.02 Å². The molecule has 0 saturated carbocycles. The maximum absolute atomic E-state index is 13.5. The van der Waals surface area contributed by atoms with Gasteiger partial charge in [-0.15, -0.1) is 0 Å². The molecule has 1 aromatic carbocycles. The highest BCUT2D eigenvalue weighted by molar-refractivity contribution is 6.30. The number of aromatic nitrogens is 1. The van der Waals surface area contributed by atoms with E-state index in [4.69, 9.17) is 17.3 Å². The molecule has 0 aliphatic carbocycles. The fourth-order valence-electron chi connectivity index (χ4n) is 1.62. The third-order valence-corrected chi connectivity index (χ3v) is 2.95. The lowest BCUT2D eigenvalue weighted by Gasteiger charge is -2.10. The zero-order chi connectivity index (χ0) is 13.1. The van der Waals surface area contributed by atoms with Gasteiger partial charge in [-0.25, -0.2) is 9.37 Å². The Balaban J connectivity index is 2.14. The van der Waals surface area contributed by atoms with E-state index in [1.165, 1.54) is 12.3 Å². The molecule has 1 aromatic heterocycles. The van der Waals surface area contributed by atoms with Gasteiger partial charge in [0.25, 0.3) is 0 Å². The second kappa shape index (κ2) is 5.23. The number of nitrogens with two attached hydrogens (primary N) is 1. The van der Waals surface area contributed by atoms with E-state index < -0.39 is 5.82 Å². The van der Waals surface area contributed by atoms with Crippen molar-refractivity contribution in [3.05, 3.63) is 52.4 Å². The zero-order valence-corrected chi connectivity index (χ0v) is 10.6. The highest BCUT2D eigenvalue weighted by atomic mass is 35.5. The molecular formula is C13H13ClFN3. The Morgan fingerprint density at radius 3 is 2.94 bits per heavy atom. The van der Waals surface area contributed by atoms with E-state index in [2.05, 4.69) is 10.3 Å². The first-order chi connectivity index (χ1) is 8.58. The molecule has 0 fully saturated rings. The normalized spacial score (nSPS) is 10.4. The number of hydrogen-bond acceptors (Lipinski definition) is 3. The summed E-state index contributed by atoms with van der Waals surface area (Å²) in [5.74, 6) is -0.287. The van der Waals surface area contributed by atoms with Gasteiger partial charge in [0.15, 0.2) is 11.6 Å². The molecule has 0 amide bonds. The topological polar surface area (TPSA) is 50.9 Å². The van der Waals surface area contributed by atoms with Gasteiger partial charge in [-0.1, -0.05) is 23.7 Å². The van der Waals surface area contributed by atoms with Crippen molar-refractivity contribution in [1.29, 1.82) is 0 Å². The minimum atomic E-state index is -0.468. The lowest BCUT2D eigenvalue weighted by Crippen LogP contribution is -2.06. The number of benzene rings is 1. The molecule has 3 nitrogen and oxygen atoms in total. The van der Waals surface area contributed by atoms with Crippen molar-refractivity contribution in [1.82, 2.24) is 4.98 Å². The van der Waals surface area contributed by atoms with Crippen LogP contribution in [0, 0.1) is 12.7 Å². The van der Waals surface area contributed by atoms with Crippen LogP contribution in [0.15, 0.2) is 30.5 Å². The molecule has 18 heavy (non-hydrogen) atoms. The van der Waals surface area contributed by atoms with Gasteiger partial charge in [0.05, 0.1) is 5.02 Å². The second-order valence-corrected chi connectivity index (χ2v) is 4.41. The number of halogens is 2. The molecule has 0 saturated heterocycles. The molecule has 3 N–H and O–H groups in total. The molecule has 0 spiro atoms. The molecule has 1 heterocycles. The molecule has 0 unspecified atom stereocenters. The molecule has 2 aromatic rings. The molecule has 94 valence electrons. The smallest absolute Gasteiger partial charge is 0.166 e. The first kappa shape index (κ1) is 12.6. The van der Waals surface area contributed by atoms with Crippen molar-refractivity contribution in [2.24, 2.45) is 0 Å². The molecule has 0 aliphatic rings. The predicted molar refractivity (Wildman–Crippen MR) is 72.1 cm³/mol. The van der Waals surface area contributed by atoms with Gasteiger partial charge in [0.2, 0.25) is 0 Å². The number of pyridine rings is 1. The Morgan fingerprint density at radius 1 is 1.44 bits per heavy atom. The third-order valence-electron chi connectivity index (χ3n) is 2.74. The molecule has 0 atom stereocenters. The maximum atomic E-state index is 13.5. The van der Waals surface area contributed by atoms with E-state index in [1.807, 2.05) is 25.1 Å². The van der Waals surface area contributed by atoms with Crippen LogP contribution in [0.5, 0.6) is 0 Å². The maximum Gasteiger partial charge on any atom is 0.166 e. The van der Waals surface area contributed by atoms with E-state index in [1.54, 1.807) is 0 Å². The monoisotopic (exact) mass is 265 g/mol. The van der Waals surface area contributed by atoms with Crippen molar-refractivity contribution in [2.45, 2.75) is 13.5 Å². The third kappa shape index (κ3) is 2.71. The van der Waals surface area contributed by atoms with Crippen molar-refractivity contribution in [3.8, 4) is 0 Å². The summed E-state index contributed by atoms with van der Waals surface area (Å²) in [5, 5.41) is 3.20. The standard InChI is InChI=1S/C13H13ClFN3/c1-8-9(3-2-4-12(8)16)6-17-13-11(15)5-10(14)7-18-13/h2-5,7H,6,16H2,1H3,(H,17,18). The molecule has 2 rings (SSSR count). The molecule has 0 aliphatic heterocycles. The van der Waals surface area contributed by atoms with Gasteiger partial charge in [0.1, 0.15) is 0 Å². The Labute approximate surface area is 110 Å². The molecular weight excluding hydrogens is 253 g/mol. The number of nitrogens with zero attached hydrogens (tertiary/aromatic N) is 1. The Morgan fingerprint density at radius 2 is 2.22 bits per heavy atom. The van der Waals surface area contributed by atoms with E-state index in [0.717, 1.165) is 16.8 Å². The summed E-state index contributed by atoms with van der Waals surface area (Å²) in [5.41, 5.74) is 8.52. The van der Waals surface area contributed by atoms with Crippen LogP contribution >= 0.6 is 11.6 Å². The number of rotatable bonds is 3. The summed E-state index contributed by atoms with van der Waals surface area (Å²) in [6.45, 7) is 2.39. The summed E-state index contributed by atoms with van der Waals surface area (Å²) in [7, 11) is 0. The van der Waals surface area contributed by atoms with Crippen LogP contribution in [0.25, 0.3) is 0 Å². The van der Waals surface area contributed by atoms with Gasteiger partial charge < -0.3 is 11.1 Å². The SMILES string of the molecule is Cc1c(N)cccc1CNc1ncc(Cl)cc1F. The quantitative estimate of drug-likeness (QED) is 0.837. The number of hydrogen-bond donors (Lipinski definition) is 2. The zero-order valence-electron chi connectivity index (χ0n) is 9.87. The van der Waals surface area contributed by atoms with Crippen LogP contribution in [0.3, 0.4) is 0 Å². The van der Waals surface area contributed by atoms with Gasteiger partial charge in [0, 0.05) is 18.4 Å². The summed E-state index contributed by atoms with van der Waals surface area (Å²) >= 11 is 5.63. The van der Waals surface area contributed by atoms with Crippen molar-refractivity contribution < 1.29 is 4.39 Å². The fourth-order valence-corrected chi connectivity index (χ4v) is 1.76. The van der Waals surface area contributed by atoms with Gasteiger partial charge >= 0.3 is 0 Å². The van der Waals surface area contributed by atoms with Crippen LogP contribution in [0.4, 0.5) is 15.9 Å². The molecule has 0 radical (unpaired) electrons. The average Bonchev–Trinajstić information content (AvgIpc) is 2.33. The second-order valence-electron chi connectivity index (χ2n) is 3.97. The number of nitrogens with one attached hydrogen (secondary N) is 1. The minimum Gasteiger partial charge on any atom is -0.399 e. The fraction of sp³-hybridized carbons (Fsp3) is 0.154. The first-order valence-corrected chi connectivity index (χ1v) is 5.84. The van der Waals surface area contributed by atoms with Gasteiger partial charge in [-0.3, -0.25) is 0 Å². The lowest BCUT2D eigenvalue weighted by molar-refractivity contribution is 0.624. The van der Waals surface area contributed by atoms with Crippen LogP contribution in [0.1, 0.15) is 11.1 Å². The van der Waals surface area contributed by atoms with Gasteiger partial charge in [-0.2, -0.15) is 0 Å². The summed E-state index contributed by atoms with van der Waals surface area (Å²) in [6, 6.07) is 6.86. The number of anilines is 2. The van der Waals surface area contributed by atoms with Crippen molar-refractivity contribution in [3.63, 3.8) is 0 Å². The van der Waals surface area contributed by atoms with E-state index >= 15 is 0 Å². The molecule has 0 bridgehead atoms. The Hall–Kier alpha value is -1.81. The van der Waals surface area contributed by atoms with Crippen LogP contribution in [-0.4, -0.2) is 4.98 Å². The molecule has 5 heteroatoms. The van der Waals surface area contributed by atoms with Gasteiger partial charge in [-0.05, 0) is 30.2 Å². The summed E-state index contributed by atoms with van der Waals surface area (Å²) in [6.07, 6.45) is 1.40. The van der Waals surface area contributed by atoms with E-state index in [0.29, 0.717) is 6.54 Å². The summed E-state index contributed by atoms with van der Waals surface area (Å²) in [4.78, 5) is 3.90. The first-order valence-electron chi connectivity index (χ1n) is 5.47. The van der Waals surface area contributed by atoms with Crippen LogP contribution in [-0.2, 0) is 6.54 Å². The highest BCUT2D eigenvalue weighted by Gasteiger charge is 2.06. The average molecular weight is 266 g/mol. The van der Waals surface area contributed by atoms with E-state index in [-0.39, 0.29) is 10.8 Å². The summed E-state index contributed by atoms with van der Waals surface area (Å²) < 4.78 is 13.5. The lowest BCUT2D eigenvalue weighted by atomic mass is 10.1. The minimum absolute atomic E-state index is 0.182. The highest BCUT2D eigenvalue weighted by Crippen LogP contribution is 2.19. The Bertz CT molecular complexity index is 572. The predicted octanol–water partition coefficient (Wildman–Crippen LogP) is 3.38. The van der Waals surface area contributed by atoms with Crippen molar-refractivity contribution >= 4 is 23.1 Å². The van der Waals surface area contributed by atoms with Crippen molar-refractivity contribution in [2.75, 3.05) is 11.1 Å². The largest absolute Gasteiger partial charge is 0.399 e. The Kier molecular flexibility index (Phi) is 3.67.